The number of ketones is 1. The van der Waals surface area contributed by atoms with Gasteiger partial charge in [0, 0.05) is 40.8 Å². The van der Waals surface area contributed by atoms with Crippen molar-refractivity contribution in [3.8, 4) is 0 Å². The number of carbonyl (C=O) groups excluding carboxylic acids is 3. The molecule has 46 heavy (non-hydrogen) atoms. The number of rotatable bonds is 7. The first-order chi connectivity index (χ1) is 21.5. The quantitative estimate of drug-likeness (QED) is 0.172. The molecule has 1 aliphatic carbocycles. The number of carbonyl (C=O) groups is 4. The van der Waals surface area contributed by atoms with Crippen LogP contribution in [0.25, 0.3) is 29.9 Å². The monoisotopic (exact) mass is 629 g/mol. The summed E-state index contributed by atoms with van der Waals surface area (Å²) in [5.41, 5.74) is 7.41. The van der Waals surface area contributed by atoms with E-state index in [1.165, 1.54) is 7.11 Å². The van der Waals surface area contributed by atoms with E-state index in [9.17, 15) is 24.3 Å². The Morgan fingerprint density at radius 3 is 2.37 bits per heavy atom. The van der Waals surface area contributed by atoms with Crippen LogP contribution in [-0.2, 0) is 20.7 Å². The Balaban J connectivity index is 0.00000417. The van der Waals surface area contributed by atoms with E-state index in [1.54, 1.807) is 12.2 Å². The molecule has 3 aromatic heterocycles. The number of allylic oxidation sites excluding steroid dienone is 2. The van der Waals surface area contributed by atoms with Crippen molar-refractivity contribution in [2.75, 3.05) is 7.11 Å². The molecule has 10 nitrogen and oxygen atoms in total. The number of esters is 1. The number of hydrogen-bond donors (Lipinski definition) is 2. The van der Waals surface area contributed by atoms with E-state index in [4.69, 9.17) is 19.7 Å². The van der Waals surface area contributed by atoms with Crippen LogP contribution in [0.3, 0.4) is 0 Å². The van der Waals surface area contributed by atoms with Gasteiger partial charge in [-0.1, -0.05) is 61.4 Å². The van der Waals surface area contributed by atoms with Crippen LogP contribution in [0.5, 0.6) is 0 Å². The minimum Gasteiger partial charge on any atom is -0.657 e. The predicted molar refractivity (Wildman–Crippen MR) is 173 cm³/mol. The molecule has 0 radical (unpaired) electrons. The van der Waals surface area contributed by atoms with Crippen molar-refractivity contribution in [1.29, 1.82) is 0 Å². The van der Waals surface area contributed by atoms with Crippen molar-refractivity contribution in [2.45, 2.75) is 47.0 Å². The number of methoxy groups -OCH3 is 1. The molecule has 3 atom stereocenters. The molecule has 0 spiro atoms. The molecule has 2 aliphatic heterocycles. The number of carboxylic acids is 1. The Morgan fingerprint density at radius 1 is 1.04 bits per heavy atom. The summed E-state index contributed by atoms with van der Waals surface area (Å²) in [7, 11) is 1.23. The third kappa shape index (κ3) is 5.02. The van der Waals surface area contributed by atoms with Crippen LogP contribution < -0.4 is 31.0 Å². The van der Waals surface area contributed by atoms with Crippen molar-refractivity contribution in [1.82, 2.24) is 20.3 Å². The zero-order valence-corrected chi connectivity index (χ0v) is 27.9. The molecule has 5 heterocycles. The van der Waals surface area contributed by atoms with Crippen LogP contribution in [0.15, 0.2) is 18.0 Å². The van der Waals surface area contributed by atoms with Gasteiger partial charge in [0.15, 0.2) is 5.78 Å². The van der Waals surface area contributed by atoms with Gasteiger partial charge in [-0.25, -0.2) is 0 Å². The predicted octanol–water partition coefficient (Wildman–Crippen LogP) is 2.24. The number of nitrogens with zero attached hydrogens (tertiary/aromatic N) is 3. The third-order valence-electron chi connectivity index (χ3n) is 9.41. The average Bonchev–Trinajstić information content (AvgIpc) is 3.76. The number of nitrogens with one attached hydrogen (secondary N) is 1. The van der Waals surface area contributed by atoms with Gasteiger partial charge < -0.3 is 30.1 Å². The van der Waals surface area contributed by atoms with Gasteiger partial charge >= 0.3 is 35.0 Å². The van der Waals surface area contributed by atoms with Gasteiger partial charge in [0.25, 0.3) is 0 Å². The van der Waals surface area contributed by atoms with Crippen LogP contribution in [0.1, 0.15) is 92.4 Å². The number of ether oxygens (including phenoxy) is 1. The zero-order chi connectivity index (χ0) is 32.3. The Morgan fingerprint density at radius 2 is 1.74 bits per heavy atom. The van der Waals surface area contributed by atoms with E-state index < -0.39 is 29.6 Å². The van der Waals surface area contributed by atoms with Crippen molar-refractivity contribution < 1.29 is 29.0 Å². The van der Waals surface area contributed by atoms with E-state index >= 15 is 0 Å². The number of Topliss-reactive ketones (excluding diaryl/α,β-unsaturated/α-hetero) is 1. The Kier molecular flexibility index (Phi) is 8.93. The number of aromatic nitrogens is 3. The molecule has 6 rings (SSSR count). The molecule has 3 aromatic rings. The molecule has 11 heteroatoms. The first-order valence-corrected chi connectivity index (χ1v) is 14.9. The maximum Gasteiger partial charge on any atom is 2.00 e. The number of aliphatic carboxylic acids is 1. The fraction of sp³-hybridized carbons (Fsp3) is 0.314. The minimum absolute atomic E-state index is 0. The van der Waals surface area contributed by atoms with E-state index in [2.05, 4.69) is 11.9 Å². The van der Waals surface area contributed by atoms with Crippen LogP contribution in [0, 0.1) is 31.6 Å². The molecule has 8 bridgehead atoms. The van der Waals surface area contributed by atoms with Gasteiger partial charge in [-0.2, -0.15) is 0 Å². The Bertz CT molecular complexity index is 2020. The standard InChI is InChI=1S/C35H35N4O6.Mg/c1-7-18-15(3)22-11-26-19(8-2)21(14-40)27(37-26)12-23-16(4)20(9-10-28(41)42)32(38-23)30-31(35(44)45-6)34(43)29-17(5)24(39-33(29)30)13-25(18)36-22;/h8,11-14,16,20,31H,2,7,9-10H2,1,3-6H3,(H4,37,38,39,40,41,42,43);/q-1;+2/p-2/b22-11-,25-13-;/t16-,20-,31+;/m0./s1. The van der Waals surface area contributed by atoms with E-state index in [-0.39, 0.29) is 41.8 Å². The molecule has 0 unspecified atom stereocenters. The smallest absolute Gasteiger partial charge is 0.657 e. The number of carboxylic acid groups (broad SMARTS) is 1. The Labute approximate surface area is 281 Å². The maximum atomic E-state index is 14.0. The summed E-state index contributed by atoms with van der Waals surface area (Å²) < 4.78 is 5.10. The second-order valence-electron chi connectivity index (χ2n) is 11.7. The van der Waals surface area contributed by atoms with Gasteiger partial charge in [-0.15, -0.1) is 33.5 Å². The van der Waals surface area contributed by atoms with E-state index in [1.807, 2.05) is 39.8 Å². The summed E-state index contributed by atoms with van der Waals surface area (Å²) in [4.78, 5) is 66.0. The largest absolute Gasteiger partial charge is 2.00 e. The molecule has 0 saturated carbocycles. The Hall–Kier alpha value is -4.35. The molecular weight excluding hydrogens is 597 g/mol. The number of hydrogen-bond acceptors (Lipinski definition) is 6. The van der Waals surface area contributed by atoms with Gasteiger partial charge in [0.2, 0.25) is 0 Å². The second-order valence-corrected chi connectivity index (χ2v) is 11.7. The summed E-state index contributed by atoms with van der Waals surface area (Å²) in [5, 5.41) is 14.4. The van der Waals surface area contributed by atoms with E-state index in [0.717, 1.165) is 17.4 Å². The molecule has 232 valence electrons. The maximum absolute atomic E-state index is 14.0. The molecule has 1 fully saturated rings. The van der Waals surface area contributed by atoms with Crippen LogP contribution in [0.2, 0.25) is 0 Å². The number of aldehydes is 1. The van der Waals surface area contributed by atoms with E-state index in [0.29, 0.717) is 79.1 Å². The zero-order valence-electron chi connectivity index (χ0n) is 26.5. The first kappa shape index (κ1) is 33.0. The van der Waals surface area contributed by atoms with Crippen LogP contribution in [0.4, 0.5) is 0 Å². The molecular formula is C35H33MgN4O6-. The van der Waals surface area contributed by atoms with Crippen molar-refractivity contribution in [3.63, 3.8) is 0 Å². The van der Waals surface area contributed by atoms with Crippen molar-refractivity contribution in [3.05, 3.63) is 84.8 Å². The van der Waals surface area contributed by atoms with Gasteiger partial charge in [-0.05, 0) is 37.8 Å². The fourth-order valence-electron chi connectivity index (χ4n) is 7.00. The molecule has 1 saturated heterocycles. The fourth-order valence-corrected chi connectivity index (χ4v) is 7.00. The first-order valence-electron chi connectivity index (χ1n) is 14.9. The van der Waals surface area contributed by atoms with Gasteiger partial charge in [0.05, 0.1) is 7.11 Å². The van der Waals surface area contributed by atoms with Crippen molar-refractivity contribution >= 4 is 76.9 Å². The van der Waals surface area contributed by atoms with Gasteiger partial charge in [-0.3, -0.25) is 19.2 Å². The third-order valence-corrected chi connectivity index (χ3v) is 9.41. The SMILES string of the molecule is C=Cc1c2[n-]c(c1C=O)/C=C1\N/C(=C3\c4[n-]c(c(C)c4C(=O)[C@@H]3C(=O)OC)/C=c3\[n-]/c(c(C)c3CC)=C\2)[C@@H](CCC(=O)O)[C@@H]1C.[Mg+2]. The van der Waals surface area contributed by atoms with Gasteiger partial charge in [0.1, 0.15) is 12.2 Å². The molecule has 3 aliphatic rings. The topological polar surface area (TPSA) is 152 Å². The molecule has 0 aromatic carbocycles. The average molecular weight is 630 g/mol. The molecule has 0 amide bonds. The summed E-state index contributed by atoms with van der Waals surface area (Å²) in [6.45, 7) is 11.7. The summed E-state index contributed by atoms with van der Waals surface area (Å²) >= 11 is 0. The van der Waals surface area contributed by atoms with Crippen LogP contribution in [-0.4, -0.2) is 59.3 Å². The normalized spacial score (nSPS) is 23.6. The molecule has 2 N–H and O–H groups in total. The minimum atomic E-state index is -1.26. The van der Waals surface area contributed by atoms with Crippen molar-refractivity contribution in [2.24, 2.45) is 17.8 Å². The number of fused-ring (bicyclic) bond motifs is 7. The summed E-state index contributed by atoms with van der Waals surface area (Å²) in [5.74, 6) is -4.02. The summed E-state index contributed by atoms with van der Waals surface area (Å²) in [6.07, 6.45) is 8.64. The van der Waals surface area contributed by atoms with Crippen LogP contribution >= 0.6 is 0 Å². The second kappa shape index (κ2) is 12.4. The summed E-state index contributed by atoms with van der Waals surface area (Å²) in [6, 6.07) is 0.